The van der Waals surface area contributed by atoms with Gasteiger partial charge in [0.2, 0.25) is 0 Å². The van der Waals surface area contributed by atoms with Crippen LogP contribution in [0.2, 0.25) is 0 Å². The third kappa shape index (κ3) is 3.46. The van der Waals surface area contributed by atoms with Gasteiger partial charge in [-0.2, -0.15) is 11.3 Å². The van der Waals surface area contributed by atoms with Crippen LogP contribution in [0.25, 0.3) is 0 Å². The fraction of sp³-hybridized carbons (Fsp3) is 0.615. The molecule has 1 aromatic rings. The second-order valence-corrected chi connectivity index (χ2v) is 5.64. The van der Waals surface area contributed by atoms with Gasteiger partial charge in [-0.3, -0.25) is 4.79 Å². The number of hydrogen-bond acceptors (Lipinski definition) is 5. The van der Waals surface area contributed by atoms with Crippen molar-refractivity contribution in [2.75, 3.05) is 25.1 Å². The first-order valence-corrected chi connectivity index (χ1v) is 7.23. The Morgan fingerprint density at radius 3 is 3.11 bits per heavy atom. The lowest BCUT2D eigenvalue weighted by atomic mass is 9.90. The quantitative estimate of drug-likeness (QED) is 0.847. The number of piperidine rings is 1. The van der Waals surface area contributed by atoms with E-state index in [0.29, 0.717) is 12.3 Å². The maximum atomic E-state index is 11.2. The smallest absolute Gasteiger partial charge is 0.305 e. The first-order valence-electron chi connectivity index (χ1n) is 6.28. The topological polar surface area (TPSA) is 55.6 Å². The van der Waals surface area contributed by atoms with Gasteiger partial charge in [0.15, 0.2) is 0 Å². The highest BCUT2D eigenvalue weighted by Gasteiger charge is 2.25. The summed E-state index contributed by atoms with van der Waals surface area (Å²) in [6, 6.07) is 2.32. The maximum Gasteiger partial charge on any atom is 0.305 e. The van der Waals surface area contributed by atoms with Crippen molar-refractivity contribution in [3.05, 3.63) is 16.8 Å². The van der Waals surface area contributed by atoms with E-state index in [2.05, 4.69) is 26.5 Å². The van der Waals surface area contributed by atoms with Gasteiger partial charge in [0.05, 0.1) is 7.11 Å². The molecule has 0 amide bonds. The van der Waals surface area contributed by atoms with Gasteiger partial charge in [-0.1, -0.05) is 0 Å². The van der Waals surface area contributed by atoms with Crippen LogP contribution in [0.5, 0.6) is 0 Å². The molecule has 4 nitrogen and oxygen atoms in total. The lowest BCUT2D eigenvalue weighted by molar-refractivity contribution is -0.140. The number of carbonyl (C=O) groups is 1. The predicted octanol–water partition coefficient (Wildman–Crippen LogP) is 1.85. The Morgan fingerprint density at radius 2 is 2.44 bits per heavy atom. The van der Waals surface area contributed by atoms with E-state index in [0.717, 1.165) is 25.9 Å². The summed E-state index contributed by atoms with van der Waals surface area (Å²) >= 11 is 1.70. The van der Waals surface area contributed by atoms with Gasteiger partial charge in [0, 0.05) is 36.6 Å². The van der Waals surface area contributed by atoms with E-state index in [4.69, 9.17) is 5.73 Å². The molecule has 0 bridgehead atoms. The van der Waals surface area contributed by atoms with Gasteiger partial charge in [0.25, 0.3) is 0 Å². The lowest BCUT2D eigenvalue weighted by Crippen LogP contribution is -2.47. The van der Waals surface area contributed by atoms with Crippen molar-refractivity contribution in [2.45, 2.75) is 25.3 Å². The molecule has 0 saturated carbocycles. The number of thiophene rings is 1. The van der Waals surface area contributed by atoms with Gasteiger partial charge in [0.1, 0.15) is 0 Å². The van der Waals surface area contributed by atoms with Crippen molar-refractivity contribution in [1.29, 1.82) is 0 Å². The van der Waals surface area contributed by atoms with Crippen LogP contribution in [0.15, 0.2) is 16.8 Å². The third-order valence-corrected chi connectivity index (χ3v) is 4.10. The van der Waals surface area contributed by atoms with Crippen LogP contribution >= 0.6 is 11.3 Å². The molecule has 18 heavy (non-hydrogen) atoms. The molecule has 0 radical (unpaired) electrons. The summed E-state index contributed by atoms with van der Waals surface area (Å²) in [4.78, 5) is 13.5. The van der Waals surface area contributed by atoms with Crippen molar-refractivity contribution >= 4 is 23.0 Å². The minimum Gasteiger partial charge on any atom is -0.469 e. The lowest BCUT2D eigenvalue weighted by Gasteiger charge is -2.37. The summed E-state index contributed by atoms with van der Waals surface area (Å²) in [5.74, 6) is 0.351. The molecule has 2 atom stereocenters. The van der Waals surface area contributed by atoms with E-state index in [-0.39, 0.29) is 12.0 Å². The molecule has 1 aromatic heterocycles. The van der Waals surface area contributed by atoms with Crippen molar-refractivity contribution < 1.29 is 9.53 Å². The van der Waals surface area contributed by atoms with Gasteiger partial charge < -0.3 is 15.4 Å². The number of carbonyl (C=O) groups excluding carboxylic acids is 1. The SMILES string of the molecule is COC(=O)CCC1CC(N)CN(c2ccsc2)C1. The Kier molecular flexibility index (Phi) is 4.60. The number of nitrogens with two attached hydrogens (primary N) is 1. The molecule has 1 saturated heterocycles. The predicted molar refractivity (Wildman–Crippen MR) is 73.9 cm³/mol. The molecular weight excluding hydrogens is 248 g/mol. The first kappa shape index (κ1) is 13.4. The highest BCUT2D eigenvalue weighted by atomic mass is 32.1. The number of ether oxygens (including phenoxy) is 1. The molecule has 5 heteroatoms. The van der Waals surface area contributed by atoms with Gasteiger partial charge in [-0.05, 0) is 30.2 Å². The summed E-state index contributed by atoms with van der Waals surface area (Å²) in [5.41, 5.74) is 7.35. The van der Waals surface area contributed by atoms with E-state index >= 15 is 0 Å². The van der Waals surface area contributed by atoms with E-state index in [9.17, 15) is 4.79 Å². The molecule has 0 aromatic carbocycles. The zero-order valence-electron chi connectivity index (χ0n) is 10.7. The molecule has 100 valence electrons. The number of rotatable bonds is 4. The summed E-state index contributed by atoms with van der Waals surface area (Å²) in [6.45, 7) is 1.90. The normalized spacial score (nSPS) is 24.0. The zero-order valence-corrected chi connectivity index (χ0v) is 11.5. The minimum absolute atomic E-state index is 0.128. The van der Waals surface area contributed by atoms with E-state index in [1.807, 2.05) is 0 Å². The van der Waals surface area contributed by atoms with Gasteiger partial charge >= 0.3 is 5.97 Å². The summed E-state index contributed by atoms with van der Waals surface area (Å²) in [5, 5.41) is 4.23. The summed E-state index contributed by atoms with van der Waals surface area (Å²) < 4.78 is 4.69. The Hall–Kier alpha value is -1.07. The van der Waals surface area contributed by atoms with Crippen LogP contribution in [0.1, 0.15) is 19.3 Å². The maximum absolute atomic E-state index is 11.2. The molecule has 1 fully saturated rings. The molecule has 0 spiro atoms. The van der Waals surface area contributed by atoms with Crippen molar-refractivity contribution in [2.24, 2.45) is 11.7 Å². The Morgan fingerprint density at radius 1 is 1.61 bits per heavy atom. The highest BCUT2D eigenvalue weighted by molar-refractivity contribution is 7.08. The number of methoxy groups -OCH3 is 1. The average Bonchev–Trinajstić information content (AvgIpc) is 2.89. The van der Waals surface area contributed by atoms with Crippen LogP contribution in [0.4, 0.5) is 5.69 Å². The van der Waals surface area contributed by atoms with Crippen LogP contribution < -0.4 is 10.6 Å². The number of anilines is 1. The molecule has 2 unspecified atom stereocenters. The standard InChI is InChI=1S/C13H20N2O2S/c1-17-13(16)3-2-10-6-11(14)8-15(7-10)12-4-5-18-9-12/h4-5,9-11H,2-3,6-8,14H2,1H3. The van der Waals surface area contributed by atoms with E-state index in [1.165, 1.54) is 12.8 Å². The Bertz CT molecular complexity index is 380. The van der Waals surface area contributed by atoms with Crippen LogP contribution in [0, 0.1) is 5.92 Å². The monoisotopic (exact) mass is 268 g/mol. The number of hydrogen-bond donors (Lipinski definition) is 1. The van der Waals surface area contributed by atoms with Crippen LogP contribution in [-0.4, -0.2) is 32.2 Å². The average molecular weight is 268 g/mol. The molecule has 1 aliphatic rings. The second-order valence-electron chi connectivity index (χ2n) is 4.86. The minimum atomic E-state index is -0.128. The highest BCUT2D eigenvalue weighted by Crippen LogP contribution is 2.26. The fourth-order valence-electron chi connectivity index (χ4n) is 2.53. The van der Waals surface area contributed by atoms with E-state index < -0.39 is 0 Å². The van der Waals surface area contributed by atoms with Gasteiger partial charge in [-0.15, -0.1) is 0 Å². The van der Waals surface area contributed by atoms with Gasteiger partial charge in [-0.25, -0.2) is 0 Å². The van der Waals surface area contributed by atoms with Crippen molar-refractivity contribution in [3.8, 4) is 0 Å². The molecule has 0 aliphatic carbocycles. The molecule has 2 rings (SSSR count). The Balaban J connectivity index is 1.90. The number of esters is 1. The van der Waals surface area contributed by atoms with Crippen molar-refractivity contribution in [1.82, 2.24) is 0 Å². The van der Waals surface area contributed by atoms with Crippen molar-refractivity contribution in [3.63, 3.8) is 0 Å². The van der Waals surface area contributed by atoms with E-state index in [1.54, 1.807) is 11.3 Å². The summed E-state index contributed by atoms with van der Waals surface area (Å²) in [7, 11) is 1.44. The molecule has 1 aliphatic heterocycles. The largest absolute Gasteiger partial charge is 0.469 e. The third-order valence-electron chi connectivity index (χ3n) is 3.43. The van der Waals surface area contributed by atoms with Crippen LogP contribution in [0.3, 0.4) is 0 Å². The fourth-order valence-corrected chi connectivity index (χ4v) is 3.19. The molecule has 2 N–H and O–H groups in total. The first-order chi connectivity index (χ1) is 8.69. The number of nitrogens with zero attached hydrogens (tertiary/aromatic N) is 1. The van der Waals surface area contributed by atoms with Crippen LogP contribution in [-0.2, 0) is 9.53 Å². The summed E-state index contributed by atoms with van der Waals surface area (Å²) in [6.07, 6.45) is 2.35. The second kappa shape index (κ2) is 6.20. The zero-order chi connectivity index (χ0) is 13.0. The molecular formula is C13H20N2O2S. The molecule has 2 heterocycles. The Labute approximate surface area is 112 Å².